The number of rotatable bonds is 3. The molecule has 0 bridgehead atoms. The first-order chi connectivity index (χ1) is 8.92. The molecule has 1 aromatic heterocycles. The fourth-order valence-corrected chi connectivity index (χ4v) is 2.49. The first-order valence-corrected chi connectivity index (χ1v) is 6.50. The molecular formula is C14H19FN2O2. The number of pyridine rings is 1. The van der Waals surface area contributed by atoms with Gasteiger partial charge < -0.3 is 5.11 Å². The number of carbonyl (C=O) groups is 1. The first kappa shape index (κ1) is 13.9. The average Bonchev–Trinajstić information content (AvgIpc) is 2.38. The van der Waals surface area contributed by atoms with Crippen molar-refractivity contribution in [2.75, 3.05) is 13.1 Å². The van der Waals surface area contributed by atoms with Crippen LogP contribution in [-0.2, 0) is 4.79 Å². The summed E-state index contributed by atoms with van der Waals surface area (Å²) in [5.74, 6) is -1.07. The van der Waals surface area contributed by atoms with E-state index in [0.29, 0.717) is 25.9 Å². The molecule has 19 heavy (non-hydrogen) atoms. The van der Waals surface area contributed by atoms with Crippen molar-refractivity contribution in [1.29, 1.82) is 0 Å². The van der Waals surface area contributed by atoms with Gasteiger partial charge in [0.1, 0.15) is 5.82 Å². The van der Waals surface area contributed by atoms with E-state index < -0.39 is 11.4 Å². The summed E-state index contributed by atoms with van der Waals surface area (Å²) in [5, 5.41) is 9.20. The van der Waals surface area contributed by atoms with Crippen LogP contribution in [0.2, 0.25) is 0 Å². The van der Waals surface area contributed by atoms with Crippen LogP contribution in [0, 0.1) is 11.2 Å². The summed E-state index contributed by atoms with van der Waals surface area (Å²) >= 11 is 0. The Morgan fingerprint density at radius 1 is 1.47 bits per heavy atom. The number of likely N-dealkylation sites (tertiary alicyclic amines) is 1. The van der Waals surface area contributed by atoms with Gasteiger partial charge in [-0.05, 0) is 51.4 Å². The molecule has 1 atom stereocenters. The number of nitrogens with zero attached hydrogens (tertiary/aromatic N) is 2. The smallest absolute Gasteiger partial charge is 0.309 e. The van der Waals surface area contributed by atoms with Gasteiger partial charge >= 0.3 is 5.97 Å². The number of piperidine rings is 1. The zero-order valence-electron chi connectivity index (χ0n) is 11.3. The minimum absolute atomic E-state index is 0.0570. The van der Waals surface area contributed by atoms with E-state index in [9.17, 15) is 14.3 Å². The molecule has 2 heterocycles. The highest BCUT2D eigenvalue weighted by atomic mass is 19.1. The van der Waals surface area contributed by atoms with Gasteiger partial charge in [0, 0.05) is 12.2 Å². The topological polar surface area (TPSA) is 53.4 Å². The molecule has 1 fully saturated rings. The van der Waals surface area contributed by atoms with Crippen molar-refractivity contribution in [3.05, 3.63) is 29.8 Å². The van der Waals surface area contributed by atoms with E-state index in [0.717, 1.165) is 5.56 Å². The number of halogens is 1. The van der Waals surface area contributed by atoms with Crippen LogP contribution in [-0.4, -0.2) is 34.0 Å². The lowest BCUT2D eigenvalue weighted by Crippen LogP contribution is -2.43. The van der Waals surface area contributed by atoms with E-state index in [4.69, 9.17) is 0 Å². The minimum atomic E-state index is -0.729. The SMILES string of the molecule is CC(c1cncc(F)c1)N1CCC(C)(C(=O)O)CC1. The van der Waals surface area contributed by atoms with Crippen LogP contribution in [0.4, 0.5) is 4.39 Å². The summed E-state index contributed by atoms with van der Waals surface area (Å²) in [6.45, 7) is 5.21. The van der Waals surface area contributed by atoms with Crippen LogP contribution in [0.5, 0.6) is 0 Å². The maximum absolute atomic E-state index is 13.2. The number of aromatic nitrogens is 1. The Kier molecular flexibility index (Phi) is 3.85. The van der Waals surface area contributed by atoms with Crippen molar-refractivity contribution in [2.45, 2.75) is 32.7 Å². The largest absolute Gasteiger partial charge is 0.481 e. The highest BCUT2D eigenvalue weighted by molar-refractivity contribution is 5.74. The Bertz CT molecular complexity index is 470. The third-order valence-electron chi connectivity index (χ3n) is 4.17. The Morgan fingerprint density at radius 2 is 2.11 bits per heavy atom. The number of carboxylic acid groups (broad SMARTS) is 1. The van der Waals surface area contributed by atoms with Crippen LogP contribution in [0.15, 0.2) is 18.5 Å². The van der Waals surface area contributed by atoms with Crippen LogP contribution < -0.4 is 0 Å². The second-order valence-electron chi connectivity index (χ2n) is 5.51. The number of carboxylic acids is 1. The van der Waals surface area contributed by atoms with Gasteiger partial charge in [-0.15, -0.1) is 0 Å². The predicted octanol–water partition coefficient (Wildman–Crippen LogP) is 2.47. The van der Waals surface area contributed by atoms with Crippen LogP contribution in [0.25, 0.3) is 0 Å². The first-order valence-electron chi connectivity index (χ1n) is 6.50. The molecule has 2 rings (SSSR count). The van der Waals surface area contributed by atoms with Gasteiger partial charge in [-0.25, -0.2) is 4.39 Å². The molecular weight excluding hydrogens is 247 g/mol. The molecule has 4 nitrogen and oxygen atoms in total. The number of aliphatic carboxylic acids is 1. The molecule has 1 aliphatic heterocycles. The molecule has 1 N–H and O–H groups in total. The number of hydrogen-bond acceptors (Lipinski definition) is 3. The van der Waals surface area contributed by atoms with Gasteiger partial charge in [0.25, 0.3) is 0 Å². The minimum Gasteiger partial charge on any atom is -0.481 e. The van der Waals surface area contributed by atoms with Crippen molar-refractivity contribution in [3.63, 3.8) is 0 Å². The van der Waals surface area contributed by atoms with E-state index in [1.807, 2.05) is 6.92 Å². The Balaban J connectivity index is 2.04. The molecule has 5 heteroatoms. The fraction of sp³-hybridized carbons (Fsp3) is 0.571. The van der Waals surface area contributed by atoms with Crippen molar-refractivity contribution in [1.82, 2.24) is 9.88 Å². The van der Waals surface area contributed by atoms with Crippen LogP contribution in [0.1, 0.15) is 38.3 Å². The van der Waals surface area contributed by atoms with Crippen LogP contribution >= 0.6 is 0 Å². The highest BCUT2D eigenvalue weighted by Crippen LogP contribution is 2.34. The maximum Gasteiger partial charge on any atom is 0.309 e. The molecule has 1 aromatic rings. The maximum atomic E-state index is 13.2. The summed E-state index contributed by atoms with van der Waals surface area (Å²) < 4.78 is 13.2. The van der Waals surface area contributed by atoms with Gasteiger partial charge in [-0.3, -0.25) is 14.7 Å². The zero-order chi connectivity index (χ0) is 14.0. The summed E-state index contributed by atoms with van der Waals surface area (Å²) in [4.78, 5) is 17.2. The Hall–Kier alpha value is -1.49. The zero-order valence-corrected chi connectivity index (χ0v) is 11.3. The molecule has 1 saturated heterocycles. The van der Waals surface area contributed by atoms with Crippen molar-refractivity contribution >= 4 is 5.97 Å². The Morgan fingerprint density at radius 3 is 2.63 bits per heavy atom. The van der Waals surface area contributed by atoms with Crippen molar-refractivity contribution in [2.24, 2.45) is 5.41 Å². The highest BCUT2D eigenvalue weighted by Gasteiger charge is 2.37. The van der Waals surface area contributed by atoms with E-state index in [1.54, 1.807) is 13.1 Å². The number of hydrogen-bond donors (Lipinski definition) is 1. The molecule has 0 aliphatic carbocycles. The molecule has 0 saturated carbocycles. The molecule has 0 spiro atoms. The van der Waals surface area contributed by atoms with E-state index >= 15 is 0 Å². The van der Waals surface area contributed by atoms with Gasteiger partial charge in [0.05, 0.1) is 11.6 Å². The van der Waals surface area contributed by atoms with Crippen molar-refractivity contribution in [3.8, 4) is 0 Å². The summed E-state index contributed by atoms with van der Waals surface area (Å²) in [7, 11) is 0. The second-order valence-corrected chi connectivity index (χ2v) is 5.51. The monoisotopic (exact) mass is 266 g/mol. The lowest BCUT2D eigenvalue weighted by molar-refractivity contribution is -0.151. The lowest BCUT2D eigenvalue weighted by atomic mass is 9.80. The standard InChI is InChI=1S/C14H19FN2O2/c1-10(11-7-12(15)9-16-8-11)17-5-3-14(2,4-6-17)13(18)19/h7-10H,3-6H2,1-2H3,(H,18,19). The summed E-state index contributed by atoms with van der Waals surface area (Å²) in [6, 6.07) is 1.55. The van der Waals surface area contributed by atoms with E-state index in [2.05, 4.69) is 9.88 Å². The fourth-order valence-electron chi connectivity index (χ4n) is 2.49. The van der Waals surface area contributed by atoms with Gasteiger partial charge in [-0.2, -0.15) is 0 Å². The average molecular weight is 266 g/mol. The predicted molar refractivity (Wildman–Crippen MR) is 69.2 cm³/mol. The molecule has 0 amide bonds. The van der Waals surface area contributed by atoms with E-state index in [-0.39, 0.29) is 11.9 Å². The Labute approximate surface area is 112 Å². The normalized spacial score (nSPS) is 21.0. The van der Waals surface area contributed by atoms with Gasteiger partial charge in [0.15, 0.2) is 0 Å². The molecule has 104 valence electrons. The molecule has 0 radical (unpaired) electrons. The van der Waals surface area contributed by atoms with E-state index in [1.165, 1.54) is 12.3 Å². The second kappa shape index (κ2) is 5.25. The molecule has 0 aromatic carbocycles. The summed E-state index contributed by atoms with van der Waals surface area (Å²) in [5.41, 5.74) is 0.204. The quantitative estimate of drug-likeness (QED) is 0.913. The van der Waals surface area contributed by atoms with Gasteiger partial charge in [-0.1, -0.05) is 0 Å². The van der Waals surface area contributed by atoms with Gasteiger partial charge in [0.2, 0.25) is 0 Å². The lowest BCUT2D eigenvalue weighted by Gasteiger charge is -2.39. The van der Waals surface area contributed by atoms with Crippen LogP contribution in [0.3, 0.4) is 0 Å². The molecule has 1 unspecified atom stereocenters. The van der Waals surface area contributed by atoms with Crippen molar-refractivity contribution < 1.29 is 14.3 Å². The molecule has 1 aliphatic rings. The summed E-state index contributed by atoms with van der Waals surface area (Å²) in [6.07, 6.45) is 4.09. The third kappa shape index (κ3) is 2.92. The third-order valence-corrected chi connectivity index (χ3v) is 4.17.